The maximum atomic E-state index is 4.01. The second-order valence-electron chi connectivity index (χ2n) is 7.52. The quantitative estimate of drug-likeness (QED) is 0.719. The summed E-state index contributed by atoms with van der Waals surface area (Å²) in [5, 5.41) is 3.46. The summed E-state index contributed by atoms with van der Waals surface area (Å²) in [6, 6.07) is 5.27. The molecule has 1 N–H and O–H groups in total. The van der Waals surface area contributed by atoms with E-state index in [-0.39, 0.29) is 5.41 Å². The summed E-state index contributed by atoms with van der Waals surface area (Å²) < 4.78 is 0. The second kappa shape index (κ2) is 7.26. The van der Waals surface area contributed by atoms with E-state index in [1.54, 1.807) is 0 Å². The number of nitrogens with one attached hydrogen (secondary N) is 1. The number of hydrogen-bond donors (Lipinski definition) is 1. The number of allylic oxidation sites excluding steroid dienone is 1. The van der Waals surface area contributed by atoms with E-state index in [9.17, 15) is 0 Å². The standard InChI is InChI=1S/C20H33N/c1-14(2)9-10-18(21-8)13-19-15(3)11-17(12-16(19)4)20(5,6)7/h11-12,18,21H,1,9-10,13H2,2-8H3. The van der Waals surface area contributed by atoms with Gasteiger partial charge in [0.05, 0.1) is 0 Å². The third-order valence-corrected chi connectivity index (χ3v) is 4.34. The van der Waals surface area contributed by atoms with Crippen LogP contribution in [0.15, 0.2) is 24.3 Å². The number of hydrogen-bond acceptors (Lipinski definition) is 1. The van der Waals surface area contributed by atoms with Crippen molar-refractivity contribution in [1.29, 1.82) is 0 Å². The molecule has 0 amide bonds. The van der Waals surface area contributed by atoms with Crippen molar-refractivity contribution in [3.05, 3.63) is 46.5 Å². The smallest absolute Gasteiger partial charge is 0.0108 e. The molecule has 0 aliphatic rings. The molecule has 1 nitrogen and oxygen atoms in total. The van der Waals surface area contributed by atoms with Crippen LogP contribution in [-0.4, -0.2) is 13.1 Å². The van der Waals surface area contributed by atoms with Crippen LogP contribution >= 0.6 is 0 Å². The van der Waals surface area contributed by atoms with E-state index >= 15 is 0 Å². The van der Waals surface area contributed by atoms with Crippen molar-refractivity contribution in [3.63, 3.8) is 0 Å². The fraction of sp³-hybridized carbons (Fsp3) is 0.600. The molecule has 0 saturated carbocycles. The molecule has 0 saturated heterocycles. The van der Waals surface area contributed by atoms with Gasteiger partial charge < -0.3 is 5.32 Å². The van der Waals surface area contributed by atoms with Crippen LogP contribution < -0.4 is 5.32 Å². The van der Waals surface area contributed by atoms with Gasteiger partial charge in [0.15, 0.2) is 0 Å². The molecule has 0 aliphatic heterocycles. The molecule has 0 radical (unpaired) electrons. The topological polar surface area (TPSA) is 12.0 Å². The first-order valence-electron chi connectivity index (χ1n) is 8.07. The summed E-state index contributed by atoms with van der Waals surface area (Å²) in [6.45, 7) is 17.5. The first-order chi connectivity index (χ1) is 9.65. The Bertz CT molecular complexity index is 468. The predicted molar refractivity (Wildman–Crippen MR) is 95.2 cm³/mol. The van der Waals surface area contributed by atoms with E-state index in [1.165, 1.54) is 27.8 Å². The summed E-state index contributed by atoms with van der Waals surface area (Å²) in [6.07, 6.45) is 3.36. The third kappa shape index (κ3) is 5.32. The molecule has 0 heterocycles. The number of rotatable bonds is 6. The Kier molecular flexibility index (Phi) is 6.22. The van der Waals surface area contributed by atoms with Crippen molar-refractivity contribution in [2.24, 2.45) is 0 Å². The lowest BCUT2D eigenvalue weighted by Gasteiger charge is -2.24. The van der Waals surface area contributed by atoms with Crippen LogP contribution in [0.5, 0.6) is 0 Å². The van der Waals surface area contributed by atoms with Crippen LogP contribution in [-0.2, 0) is 11.8 Å². The van der Waals surface area contributed by atoms with Crippen LogP contribution in [0.4, 0.5) is 0 Å². The van der Waals surface area contributed by atoms with Crippen molar-refractivity contribution < 1.29 is 0 Å². The molecule has 0 fully saturated rings. The molecular weight excluding hydrogens is 254 g/mol. The normalized spacial score (nSPS) is 13.3. The molecule has 1 rings (SSSR count). The van der Waals surface area contributed by atoms with Gasteiger partial charge in [-0.3, -0.25) is 0 Å². The monoisotopic (exact) mass is 287 g/mol. The SMILES string of the molecule is C=C(C)CCC(Cc1c(C)cc(C(C)(C)C)cc1C)NC. The Labute approximate surface area is 131 Å². The Balaban J connectivity index is 2.95. The molecule has 1 aromatic carbocycles. The molecule has 0 bridgehead atoms. The van der Waals surface area contributed by atoms with E-state index in [4.69, 9.17) is 0 Å². The molecular formula is C20H33N. The molecule has 21 heavy (non-hydrogen) atoms. The number of benzene rings is 1. The fourth-order valence-electron chi connectivity index (χ4n) is 2.76. The van der Waals surface area contributed by atoms with E-state index < -0.39 is 0 Å². The van der Waals surface area contributed by atoms with Gasteiger partial charge in [0.1, 0.15) is 0 Å². The van der Waals surface area contributed by atoms with Gasteiger partial charge in [-0.2, -0.15) is 0 Å². The van der Waals surface area contributed by atoms with Crippen molar-refractivity contribution in [2.75, 3.05) is 7.05 Å². The zero-order valence-corrected chi connectivity index (χ0v) is 15.1. The summed E-state index contributed by atoms with van der Waals surface area (Å²) in [7, 11) is 2.07. The average molecular weight is 287 g/mol. The van der Waals surface area contributed by atoms with Gasteiger partial charge in [0.25, 0.3) is 0 Å². The number of aryl methyl sites for hydroxylation is 2. The Morgan fingerprint density at radius 3 is 2.10 bits per heavy atom. The van der Waals surface area contributed by atoms with Crippen molar-refractivity contribution in [2.45, 2.75) is 72.3 Å². The molecule has 1 atom stereocenters. The van der Waals surface area contributed by atoms with Crippen LogP contribution in [0, 0.1) is 13.8 Å². The summed E-state index contributed by atoms with van der Waals surface area (Å²) in [5.41, 5.74) is 7.28. The van der Waals surface area contributed by atoms with E-state index in [1.807, 2.05) is 0 Å². The lowest BCUT2D eigenvalue weighted by atomic mass is 9.82. The van der Waals surface area contributed by atoms with Gasteiger partial charge in [-0.05, 0) is 74.8 Å². The Morgan fingerprint density at radius 2 is 1.71 bits per heavy atom. The lowest BCUT2D eigenvalue weighted by Crippen LogP contribution is -2.28. The predicted octanol–water partition coefficient (Wildman–Crippen LogP) is 5.09. The van der Waals surface area contributed by atoms with Crippen LogP contribution in [0.2, 0.25) is 0 Å². The van der Waals surface area contributed by atoms with Gasteiger partial charge in [-0.25, -0.2) is 0 Å². The molecule has 0 aromatic heterocycles. The van der Waals surface area contributed by atoms with Crippen LogP contribution in [0.3, 0.4) is 0 Å². The Morgan fingerprint density at radius 1 is 1.19 bits per heavy atom. The Hall–Kier alpha value is -1.08. The molecule has 0 spiro atoms. The minimum absolute atomic E-state index is 0.219. The maximum Gasteiger partial charge on any atom is 0.0108 e. The van der Waals surface area contributed by atoms with E-state index in [2.05, 4.69) is 72.6 Å². The first-order valence-corrected chi connectivity index (χ1v) is 8.07. The summed E-state index contributed by atoms with van der Waals surface area (Å²) >= 11 is 0. The average Bonchev–Trinajstić information content (AvgIpc) is 2.35. The van der Waals surface area contributed by atoms with Crippen molar-refractivity contribution >= 4 is 0 Å². The van der Waals surface area contributed by atoms with Crippen molar-refractivity contribution in [1.82, 2.24) is 5.32 Å². The highest BCUT2D eigenvalue weighted by Crippen LogP contribution is 2.27. The highest BCUT2D eigenvalue weighted by atomic mass is 14.9. The number of likely N-dealkylation sites (N-methyl/N-ethyl adjacent to an activating group) is 1. The molecule has 0 aliphatic carbocycles. The largest absolute Gasteiger partial charge is 0.317 e. The summed E-state index contributed by atoms with van der Waals surface area (Å²) in [5.74, 6) is 0. The molecule has 1 heteroatoms. The maximum absolute atomic E-state index is 4.01. The van der Waals surface area contributed by atoms with Crippen LogP contribution in [0.25, 0.3) is 0 Å². The lowest BCUT2D eigenvalue weighted by molar-refractivity contribution is 0.517. The minimum Gasteiger partial charge on any atom is -0.317 e. The molecule has 1 unspecified atom stereocenters. The second-order valence-corrected chi connectivity index (χ2v) is 7.52. The van der Waals surface area contributed by atoms with Gasteiger partial charge in [-0.1, -0.05) is 38.5 Å². The summed E-state index contributed by atoms with van der Waals surface area (Å²) in [4.78, 5) is 0. The van der Waals surface area contributed by atoms with Crippen molar-refractivity contribution in [3.8, 4) is 0 Å². The fourth-order valence-corrected chi connectivity index (χ4v) is 2.76. The van der Waals surface area contributed by atoms with Gasteiger partial charge in [0.2, 0.25) is 0 Å². The molecule has 118 valence electrons. The highest BCUT2D eigenvalue weighted by molar-refractivity contribution is 5.41. The third-order valence-electron chi connectivity index (χ3n) is 4.34. The van der Waals surface area contributed by atoms with Crippen LogP contribution in [0.1, 0.15) is 62.8 Å². The zero-order valence-electron chi connectivity index (χ0n) is 15.1. The minimum atomic E-state index is 0.219. The first kappa shape index (κ1) is 18.0. The van der Waals surface area contributed by atoms with E-state index in [0.717, 1.165) is 19.3 Å². The molecule has 1 aromatic rings. The van der Waals surface area contributed by atoms with Gasteiger partial charge >= 0.3 is 0 Å². The highest BCUT2D eigenvalue weighted by Gasteiger charge is 2.17. The zero-order chi connectivity index (χ0) is 16.2. The van der Waals surface area contributed by atoms with Gasteiger partial charge in [-0.15, -0.1) is 6.58 Å². The van der Waals surface area contributed by atoms with E-state index in [0.29, 0.717) is 6.04 Å². The van der Waals surface area contributed by atoms with Gasteiger partial charge in [0, 0.05) is 6.04 Å².